The maximum Gasteiger partial charge on any atom is 0.303 e. The van der Waals surface area contributed by atoms with Gasteiger partial charge in [-0.1, -0.05) is 0 Å². The van der Waals surface area contributed by atoms with E-state index in [1.54, 1.807) is 29.0 Å². The first-order valence-electron chi connectivity index (χ1n) is 9.67. The van der Waals surface area contributed by atoms with E-state index in [0.29, 0.717) is 5.69 Å². The molecule has 0 spiro atoms. The third-order valence-electron chi connectivity index (χ3n) is 4.64. The number of aromatic nitrogens is 1. The smallest absolute Gasteiger partial charge is 0.303 e. The fourth-order valence-electron chi connectivity index (χ4n) is 3.63. The van der Waals surface area contributed by atoms with E-state index in [2.05, 4.69) is 5.32 Å². The second kappa shape index (κ2) is 9.17. The second-order valence-corrected chi connectivity index (χ2v) is 7.20. The second-order valence-electron chi connectivity index (χ2n) is 7.20. The molecule has 31 heavy (non-hydrogen) atoms. The van der Waals surface area contributed by atoms with Gasteiger partial charge in [0.05, 0.1) is 12.1 Å². The monoisotopic (exact) mass is 432 g/mol. The summed E-state index contributed by atoms with van der Waals surface area (Å²) in [7, 11) is 0. The van der Waals surface area contributed by atoms with Gasteiger partial charge in [-0.2, -0.15) is 0 Å². The number of hydrogen-bond donors (Lipinski definition) is 1. The summed E-state index contributed by atoms with van der Waals surface area (Å²) in [6, 6.07) is 7.12. The van der Waals surface area contributed by atoms with Crippen molar-refractivity contribution in [3.63, 3.8) is 0 Å². The molecular weight excluding hydrogens is 408 g/mol. The largest absolute Gasteiger partial charge is 0.456 e. The summed E-state index contributed by atoms with van der Waals surface area (Å²) >= 11 is 0. The Balaban J connectivity index is 1.99. The van der Waals surface area contributed by atoms with Gasteiger partial charge in [0.15, 0.2) is 24.5 Å². The van der Waals surface area contributed by atoms with Crippen molar-refractivity contribution in [1.82, 2.24) is 4.57 Å². The van der Waals surface area contributed by atoms with Crippen LogP contribution in [0.4, 0.5) is 5.69 Å². The van der Waals surface area contributed by atoms with Crippen molar-refractivity contribution in [3.05, 3.63) is 30.5 Å². The molecule has 1 aliphatic heterocycles. The highest BCUT2D eigenvalue weighted by atomic mass is 16.6. The van der Waals surface area contributed by atoms with Crippen LogP contribution in [0.1, 0.15) is 33.9 Å². The number of nitrogens with zero attached hydrogens (tertiary/aromatic N) is 1. The highest BCUT2D eigenvalue weighted by molar-refractivity contribution is 5.92. The van der Waals surface area contributed by atoms with Crippen molar-refractivity contribution in [2.75, 3.05) is 11.9 Å². The zero-order valence-corrected chi connectivity index (χ0v) is 17.6. The average Bonchev–Trinajstić information content (AvgIpc) is 3.06. The molecule has 2 heterocycles. The fourth-order valence-corrected chi connectivity index (χ4v) is 3.63. The van der Waals surface area contributed by atoms with Crippen LogP contribution in [0.5, 0.6) is 0 Å². The number of rotatable bonds is 5. The lowest BCUT2D eigenvalue weighted by Gasteiger charge is -2.41. The molecule has 0 saturated carbocycles. The van der Waals surface area contributed by atoms with Gasteiger partial charge in [0, 0.05) is 45.0 Å². The first-order valence-corrected chi connectivity index (χ1v) is 9.67. The number of amides is 1. The fraction of sp³-hybridized carbons (Fsp3) is 0.429. The molecule has 1 saturated heterocycles. The molecule has 166 valence electrons. The molecule has 1 aromatic carbocycles. The van der Waals surface area contributed by atoms with Crippen molar-refractivity contribution in [2.45, 2.75) is 52.2 Å². The average molecular weight is 432 g/mol. The Hall–Kier alpha value is -3.40. The Bertz CT molecular complexity index is 1010. The molecule has 1 aromatic heterocycles. The van der Waals surface area contributed by atoms with Crippen LogP contribution in [-0.2, 0) is 38.1 Å². The lowest BCUT2D eigenvalue weighted by atomic mass is 10.0. The minimum atomic E-state index is -1.06. The van der Waals surface area contributed by atoms with Crippen LogP contribution in [0.3, 0.4) is 0 Å². The lowest BCUT2D eigenvalue weighted by molar-refractivity contribution is -0.239. The third-order valence-corrected chi connectivity index (χ3v) is 4.64. The zero-order chi connectivity index (χ0) is 22.7. The standard InChI is InChI=1S/C21H24N2O8/c1-11(24)22-16-5-6-17-15(9-16)7-8-23(17)21-20(31-14(4)27)19(30-13(3)26)18(10-28-21)29-12(2)25/h5-9,18-21H,10H2,1-4H3,(H,22,24)/t18-,19-,20+,21+/m0/s1. The van der Waals surface area contributed by atoms with Crippen LogP contribution in [0, 0.1) is 0 Å². The van der Waals surface area contributed by atoms with Crippen LogP contribution < -0.4 is 5.32 Å². The van der Waals surface area contributed by atoms with Gasteiger partial charge in [-0.05, 0) is 24.3 Å². The van der Waals surface area contributed by atoms with E-state index >= 15 is 0 Å². The molecule has 3 rings (SSSR count). The van der Waals surface area contributed by atoms with Gasteiger partial charge >= 0.3 is 17.9 Å². The number of hydrogen-bond acceptors (Lipinski definition) is 8. The maximum absolute atomic E-state index is 11.8. The van der Waals surface area contributed by atoms with Gasteiger partial charge in [-0.25, -0.2) is 0 Å². The van der Waals surface area contributed by atoms with E-state index in [0.717, 1.165) is 10.9 Å². The van der Waals surface area contributed by atoms with Crippen LogP contribution >= 0.6 is 0 Å². The number of benzene rings is 1. The van der Waals surface area contributed by atoms with E-state index in [1.165, 1.54) is 27.7 Å². The molecule has 4 atom stereocenters. The Labute approximate surface area is 178 Å². The molecule has 1 fully saturated rings. The summed E-state index contributed by atoms with van der Waals surface area (Å²) in [4.78, 5) is 46.4. The van der Waals surface area contributed by atoms with Crippen LogP contribution in [0.15, 0.2) is 30.5 Å². The molecule has 1 N–H and O–H groups in total. The molecular formula is C21H24N2O8. The number of anilines is 1. The first kappa shape index (κ1) is 22.3. The lowest BCUT2D eigenvalue weighted by Crippen LogP contribution is -2.55. The summed E-state index contributed by atoms with van der Waals surface area (Å²) in [6.45, 7) is 5.02. The molecule has 10 nitrogen and oxygen atoms in total. The summed E-state index contributed by atoms with van der Waals surface area (Å²) in [5.74, 6) is -1.99. The molecule has 0 radical (unpaired) electrons. The molecule has 1 amide bonds. The first-order chi connectivity index (χ1) is 14.7. The molecule has 1 aliphatic rings. The minimum Gasteiger partial charge on any atom is -0.456 e. The van der Waals surface area contributed by atoms with Crippen molar-refractivity contribution in [1.29, 1.82) is 0 Å². The summed E-state index contributed by atoms with van der Waals surface area (Å²) in [5.41, 5.74) is 1.37. The van der Waals surface area contributed by atoms with Gasteiger partial charge in [0.1, 0.15) is 0 Å². The van der Waals surface area contributed by atoms with Gasteiger partial charge < -0.3 is 28.8 Å². The maximum atomic E-state index is 11.8. The molecule has 2 aromatic rings. The summed E-state index contributed by atoms with van der Waals surface area (Å²) < 4.78 is 23.7. The third kappa shape index (κ3) is 5.21. The highest BCUT2D eigenvalue weighted by Gasteiger charge is 2.47. The van der Waals surface area contributed by atoms with Crippen molar-refractivity contribution in [3.8, 4) is 0 Å². The van der Waals surface area contributed by atoms with Gasteiger partial charge in [0.25, 0.3) is 0 Å². The highest BCUT2D eigenvalue weighted by Crippen LogP contribution is 2.34. The molecule has 10 heteroatoms. The summed E-state index contributed by atoms with van der Waals surface area (Å²) in [5, 5.41) is 3.53. The normalized spacial score (nSPS) is 23.1. The number of esters is 3. The Morgan fingerprint density at radius 1 is 0.935 bits per heavy atom. The van der Waals surface area contributed by atoms with E-state index in [-0.39, 0.29) is 12.5 Å². The van der Waals surface area contributed by atoms with Gasteiger partial charge in [-0.15, -0.1) is 0 Å². The Morgan fingerprint density at radius 2 is 1.58 bits per heavy atom. The Morgan fingerprint density at radius 3 is 2.19 bits per heavy atom. The van der Waals surface area contributed by atoms with Crippen LogP contribution in [0.2, 0.25) is 0 Å². The Kier molecular flexibility index (Phi) is 6.59. The number of ether oxygens (including phenoxy) is 4. The van der Waals surface area contributed by atoms with Gasteiger partial charge in [0.2, 0.25) is 5.91 Å². The predicted molar refractivity (Wildman–Crippen MR) is 108 cm³/mol. The number of carbonyl (C=O) groups excluding carboxylic acids is 4. The summed E-state index contributed by atoms with van der Waals surface area (Å²) in [6.07, 6.45) is -2.16. The van der Waals surface area contributed by atoms with Crippen LogP contribution in [0.25, 0.3) is 10.9 Å². The zero-order valence-electron chi connectivity index (χ0n) is 17.6. The van der Waals surface area contributed by atoms with E-state index in [4.69, 9.17) is 18.9 Å². The van der Waals surface area contributed by atoms with Crippen LogP contribution in [-0.4, -0.2) is 53.3 Å². The predicted octanol–water partition coefficient (Wildman–Crippen LogP) is 1.92. The minimum absolute atomic E-state index is 0.0659. The van der Waals surface area contributed by atoms with Crippen molar-refractivity contribution in [2.24, 2.45) is 0 Å². The SMILES string of the molecule is CC(=O)Nc1ccc2c(ccn2[C@@H]2OC[C@H](OC(C)=O)[C@H](OC(C)=O)[C@H]2OC(C)=O)c1. The number of nitrogens with one attached hydrogen (secondary N) is 1. The molecule has 0 bridgehead atoms. The van der Waals surface area contributed by atoms with E-state index in [9.17, 15) is 19.2 Å². The number of carbonyl (C=O) groups is 4. The molecule has 0 aliphatic carbocycles. The van der Waals surface area contributed by atoms with E-state index in [1.807, 2.05) is 6.07 Å². The molecule has 0 unspecified atom stereocenters. The van der Waals surface area contributed by atoms with Crippen molar-refractivity contribution >= 4 is 40.4 Å². The van der Waals surface area contributed by atoms with Crippen molar-refractivity contribution < 1.29 is 38.1 Å². The number of fused-ring (bicyclic) bond motifs is 1. The topological polar surface area (TPSA) is 122 Å². The van der Waals surface area contributed by atoms with Gasteiger partial charge in [-0.3, -0.25) is 19.2 Å². The van der Waals surface area contributed by atoms with E-state index < -0.39 is 42.4 Å². The quantitative estimate of drug-likeness (QED) is 0.562.